The molecular weight excluding hydrogens is 465 g/mol. The molecule has 0 aliphatic heterocycles. The van der Waals surface area contributed by atoms with Gasteiger partial charge < -0.3 is 15.4 Å². The molecule has 1 aromatic carbocycles. The van der Waals surface area contributed by atoms with E-state index in [0.29, 0.717) is 6.54 Å². The molecule has 0 unspecified atom stereocenters. The van der Waals surface area contributed by atoms with Crippen LogP contribution in [0.1, 0.15) is 43.3 Å². The number of nitrogens with one attached hydrogen (secondary N) is 2. The molecule has 6 nitrogen and oxygen atoms in total. The molecule has 2 aromatic rings. The minimum absolute atomic E-state index is 0. The fraction of sp³-hybridized carbons (Fsp3) is 0.524. The monoisotopic (exact) mass is 499 g/mol. The van der Waals surface area contributed by atoms with Crippen molar-refractivity contribution in [2.24, 2.45) is 12.0 Å². The molecule has 28 heavy (non-hydrogen) atoms. The minimum atomic E-state index is -0.0391. The highest BCUT2D eigenvalue weighted by Crippen LogP contribution is 2.24. The van der Waals surface area contributed by atoms with Gasteiger partial charge in [-0.05, 0) is 38.5 Å². The first-order valence-electron chi connectivity index (χ1n) is 9.44. The standard InChI is InChI=1S/C21H33N5O.HI/c1-8-22-20(23-13-19-15(2)25-26(6)16(19)3)24-14-21(4,5)17-9-11-18(27-7)12-10-17;/h9-12H,8,13-14H2,1-7H3,(H2,22,23,24);1H. The van der Waals surface area contributed by atoms with Gasteiger partial charge in [-0.25, -0.2) is 4.99 Å². The van der Waals surface area contributed by atoms with E-state index in [1.54, 1.807) is 7.11 Å². The summed E-state index contributed by atoms with van der Waals surface area (Å²) in [7, 11) is 3.66. The van der Waals surface area contributed by atoms with Crippen molar-refractivity contribution in [2.45, 2.75) is 46.6 Å². The van der Waals surface area contributed by atoms with Crippen molar-refractivity contribution in [2.75, 3.05) is 20.2 Å². The van der Waals surface area contributed by atoms with Crippen molar-refractivity contribution in [3.05, 3.63) is 46.8 Å². The number of hydrogen-bond acceptors (Lipinski definition) is 3. The zero-order valence-electron chi connectivity index (χ0n) is 18.1. The molecule has 0 saturated carbocycles. The van der Waals surface area contributed by atoms with Crippen LogP contribution in [-0.2, 0) is 19.0 Å². The van der Waals surface area contributed by atoms with Gasteiger partial charge in [-0.1, -0.05) is 26.0 Å². The highest BCUT2D eigenvalue weighted by Gasteiger charge is 2.21. The number of nitrogens with zero attached hydrogens (tertiary/aromatic N) is 3. The van der Waals surface area contributed by atoms with Gasteiger partial charge in [0.1, 0.15) is 5.75 Å². The van der Waals surface area contributed by atoms with Crippen molar-refractivity contribution in [3.8, 4) is 5.75 Å². The van der Waals surface area contributed by atoms with Gasteiger partial charge in [0, 0.05) is 36.8 Å². The number of guanidine groups is 1. The van der Waals surface area contributed by atoms with E-state index in [2.05, 4.69) is 55.6 Å². The zero-order chi connectivity index (χ0) is 20.0. The molecular formula is C21H34IN5O. The highest BCUT2D eigenvalue weighted by atomic mass is 127. The Bertz CT molecular complexity index is 781. The minimum Gasteiger partial charge on any atom is -0.497 e. The summed E-state index contributed by atoms with van der Waals surface area (Å²) in [6, 6.07) is 8.24. The number of methoxy groups -OCH3 is 1. The Hall–Kier alpha value is -1.77. The SMILES string of the molecule is CCNC(=NCc1c(C)nn(C)c1C)NCC(C)(C)c1ccc(OC)cc1.I. The second kappa shape index (κ2) is 10.7. The topological polar surface area (TPSA) is 63.5 Å². The Morgan fingerprint density at radius 1 is 1.18 bits per heavy atom. The van der Waals surface area contributed by atoms with Gasteiger partial charge in [0.15, 0.2) is 5.96 Å². The summed E-state index contributed by atoms with van der Waals surface area (Å²) >= 11 is 0. The fourth-order valence-electron chi connectivity index (χ4n) is 3.00. The van der Waals surface area contributed by atoms with Crippen LogP contribution < -0.4 is 15.4 Å². The number of ether oxygens (including phenoxy) is 1. The van der Waals surface area contributed by atoms with Crippen LogP contribution in [0.4, 0.5) is 0 Å². The summed E-state index contributed by atoms with van der Waals surface area (Å²) in [6.07, 6.45) is 0. The Balaban J connectivity index is 0.00000392. The third-order valence-electron chi connectivity index (χ3n) is 4.97. The van der Waals surface area contributed by atoms with Gasteiger partial charge >= 0.3 is 0 Å². The lowest BCUT2D eigenvalue weighted by atomic mass is 9.84. The molecule has 0 aliphatic carbocycles. The number of rotatable bonds is 7. The van der Waals surface area contributed by atoms with Crippen LogP contribution in [0.25, 0.3) is 0 Å². The predicted molar refractivity (Wildman–Crippen MR) is 127 cm³/mol. The first kappa shape index (κ1) is 24.3. The highest BCUT2D eigenvalue weighted by molar-refractivity contribution is 14.0. The number of aliphatic imine (C=N–C) groups is 1. The number of aromatic nitrogens is 2. The summed E-state index contributed by atoms with van der Waals surface area (Å²) in [4.78, 5) is 4.76. The molecule has 0 bridgehead atoms. The fourth-order valence-corrected chi connectivity index (χ4v) is 3.00. The molecule has 7 heteroatoms. The molecule has 0 amide bonds. The largest absolute Gasteiger partial charge is 0.497 e. The van der Waals surface area contributed by atoms with E-state index in [1.165, 1.54) is 11.1 Å². The number of benzene rings is 1. The lowest BCUT2D eigenvalue weighted by Gasteiger charge is -2.27. The molecule has 0 spiro atoms. The van der Waals surface area contributed by atoms with Crippen LogP contribution in [0, 0.1) is 13.8 Å². The molecule has 2 rings (SSSR count). The molecule has 156 valence electrons. The second-order valence-electron chi connectivity index (χ2n) is 7.43. The number of halogens is 1. The number of hydrogen-bond donors (Lipinski definition) is 2. The summed E-state index contributed by atoms with van der Waals surface area (Å²) in [5.41, 5.74) is 4.59. The summed E-state index contributed by atoms with van der Waals surface area (Å²) in [6.45, 7) is 12.8. The zero-order valence-corrected chi connectivity index (χ0v) is 20.4. The Kier molecular flexibility index (Phi) is 9.26. The Morgan fingerprint density at radius 3 is 2.32 bits per heavy atom. The van der Waals surface area contributed by atoms with E-state index in [-0.39, 0.29) is 29.4 Å². The van der Waals surface area contributed by atoms with Crippen LogP contribution in [0.15, 0.2) is 29.3 Å². The van der Waals surface area contributed by atoms with E-state index >= 15 is 0 Å². The lowest BCUT2D eigenvalue weighted by molar-refractivity contribution is 0.414. The van der Waals surface area contributed by atoms with E-state index in [4.69, 9.17) is 9.73 Å². The third kappa shape index (κ3) is 6.12. The lowest BCUT2D eigenvalue weighted by Crippen LogP contribution is -2.43. The predicted octanol–water partition coefficient (Wildman–Crippen LogP) is 3.70. The van der Waals surface area contributed by atoms with Crippen molar-refractivity contribution >= 4 is 29.9 Å². The second-order valence-corrected chi connectivity index (χ2v) is 7.43. The average Bonchev–Trinajstić information content (AvgIpc) is 2.89. The van der Waals surface area contributed by atoms with Crippen LogP contribution >= 0.6 is 24.0 Å². The van der Waals surface area contributed by atoms with Gasteiger partial charge in [-0.15, -0.1) is 24.0 Å². The third-order valence-corrected chi connectivity index (χ3v) is 4.97. The van der Waals surface area contributed by atoms with Gasteiger partial charge in [0.05, 0.1) is 19.3 Å². The van der Waals surface area contributed by atoms with Crippen molar-refractivity contribution in [1.82, 2.24) is 20.4 Å². The van der Waals surface area contributed by atoms with E-state index in [9.17, 15) is 0 Å². The Morgan fingerprint density at radius 2 is 1.82 bits per heavy atom. The molecule has 0 saturated heterocycles. The maximum atomic E-state index is 5.26. The van der Waals surface area contributed by atoms with Crippen LogP contribution in [0.3, 0.4) is 0 Å². The van der Waals surface area contributed by atoms with Gasteiger partial charge in [0.25, 0.3) is 0 Å². The average molecular weight is 499 g/mol. The first-order chi connectivity index (χ1) is 12.8. The number of aryl methyl sites for hydroxylation is 2. The van der Waals surface area contributed by atoms with E-state index in [0.717, 1.165) is 36.2 Å². The van der Waals surface area contributed by atoms with E-state index < -0.39 is 0 Å². The van der Waals surface area contributed by atoms with Crippen LogP contribution in [-0.4, -0.2) is 35.9 Å². The molecule has 0 radical (unpaired) electrons. The van der Waals surface area contributed by atoms with E-state index in [1.807, 2.05) is 30.8 Å². The molecule has 0 fully saturated rings. The Labute approximate surface area is 186 Å². The first-order valence-corrected chi connectivity index (χ1v) is 9.44. The molecule has 1 aromatic heterocycles. The van der Waals surface area contributed by atoms with Crippen molar-refractivity contribution in [1.29, 1.82) is 0 Å². The van der Waals surface area contributed by atoms with Gasteiger partial charge in [-0.2, -0.15) is 5.10 Å². The summed E-state index contributed by atoms with van der Waals surface area (Å²) < 4.78 is 7.17. The van der Waals surface area contributed by atoms with Crippen LogP contribution in [0.2, 0.25) is 0 Å². The molecule has 1 heterocycles. The summed E-state index contributed by atoms with van der Waals surface area (Å²) in [5.74, 6) is 1.70. The molecule has 2 N–H and O–H groups in total. The van der Waals surface area contributed by atoms with Gasteiger partial charge in [0.2, 0.25) is 0 Å². The smallest absolute Gasteiger partial charge is 0.191 e. The summed E-state index contributed by atoms with van der Waals surface area (Å²) in [5, 5.41) is 11.3. The van der Waals surface area contributed by atoms with Crippen molar-refractivity contribution in [3.63, 3.8) is 0 Å². The van der Waals surface area contributed by atoms with Crippen molar-refractivity contribution < 1.29 is 4.74 Å². The molecule has 0 atom stereocenters. The molecule has 0 aliphatic rings. The maximum absolute atomic E-state index is 5.26. The maximum Gasteiger partial charge on any atom is 0.191 e. The quantitative estimate of drug-likeness (QED) is 0.347. The van der Waals surface area contributed by atoms with Gasteiger partial charge in [-0.3, -0.25) is 4.68 Å². The normalized spacial score (nSPS) is 11.8. The van der Waals surface area contributed by atoms with Crippen LogP contribution in [0.5, 0.6) is 5.75 Å².